The average Bonchev–Trinajstić information content (AvgIpc) is 3.34. The van der Waals surface area contributed by atoms with E-state index in [0.29, 0.717) is 11.8 Å². The molecule has 136 valence electrons. The van der Waals surface area contributed by atoms with E-state index in [1.54, 1.807) is 27.7 Å². The zero-order chi connectivity index (χ0) is 17.9. The molecule has 2 amide bonds. The number of nitrogens with one attached hydrogen (secondary N) is 2. The summed E-state index contributed by atoms with van der Waals surface area (Å²) < 4.78 is 10.2. The van der Waals surface area contributed by atoms with Gasteiger partial charge in [0.2, 0.25) is 0 Å². The Balaban J connectivity index is 1.99. The molecule has 0 heterocycles. The van der Waals surface area contributed by atoms with Gasteiger partial charge in [0.15, 0.2) is 0 Å². The second-order valence-corrected chi connectivity index (χ2v) is 7.60. The molecule has 1 atom stereocenters. The van der Waals surface area contributed by atoms with Crippen molar-refractivity contribution in [1.82, 2.24) is 10.9 Å². The van der Waals surface area contributed by atoms with Crippen LogP contribution in [0.15, 0.2) is 0 Å². The van der Waals surface area contributed by atoms with E-state index in [1.807, 2.05) is 0 Å². The van der Waals surface area contributed by atoms with E-state index in [-0.39, 0.29) is 12.5 Å². The molecule has 2 rings (SSSR count). The van der Waals surface area contributed by atoms with E-state index in [2.05, 4.69) is 10.9 Å². The van der Waals surface area contributed by atoms with Gasteiger partial charge in [-0.2, -0.15) is 0 Å². The van der Waals surface area contributed by atoms with Crippen LogP contribution < -0.4 is 10.9 Å². The van der Waals surface area contributed by atoms with Crippen molar-refractivity contribution in [2.24, 2.45) is 23.7 Å². The van der Waals surface area contributed by atoms with Gasteiger partial charge in [-0.3, -0.25) is 15.0 Å². The summed E-state index contributed by atoms with van der Waals surface area (Å²) in [5, 5.41) is 0. The normalized spacial score (nSPS) is 18.7. The van der Waals surface area contributed by atoms with E-state index in [4.69, 9.17) is 9.47 Å². The van der Waals surface area contributed by atoms with Gasteiger partial charge in [-0.25, -0.2) is 10.2 Å². The van der Waals surface area contributed by atoms with Gasteiger partial charge in [-0.05, 0) is 71.1 Å². The van der Waals surface area contributed by atoms with Crippen LogP contribution in [0.25, 0.3) is 0 Å². The van der Waals surface area contributed by atoms with Crippen LogP contribution in [0.5, 0.6) is 0 Å². The Morgan fingerprint density at radius 2 is 1.58 bits per heavy atom. The monoisotopic (exact) mass is 340 g/mol. The van der Waals surface area contributed by atoms with Gasteiger partial charge in [-0.1, -0.05) is 0 Å². The lowest BCUT2D eigenvalue weighted by Gasteiger charge is -2.25. The highest BCUT2D eigenvalue weighted by Crippen LogP contribution is 2.52. The molecule has 2 aliphatic rings. The summed E-state index contributed by atoms with van der Waals surface area (Å²) in [6, 6.07) is 0. The molecule has 0 aromatic heterocycles. The van der Waals surface area contributed by atoms with Crippen molar-refractivity contribution >= 4 is 18.0 Å². The van der Waals surface area contributed by atoms with Crippen LogP contribution in [-0.2, 0) is 19.1 Å². The van der Waals surface area contributed by atoms with Crippen LogP contribution >= 0.6 is 0 Å². The topological polar surface area (TPSA) is 93.7 Å². The Bertz CT molecular complexity index is 480. The lowest BCUT2D eigenvalue weighted by Crippen LogP contribution is -2.50. The van der Waals surface area contributed by atoms with Crippen molar-refractivity contribution in [2.75, 3.05) is 6.61 Å². The lowest BCUT2D eigenvalue weighted by atomic mass is 9.83. The standard InChI is InChI=1S/C17H28N2O5/c1-5-23-15(21)13(12(10-6-7-10)11-8-9-11)14(20)18-19-16(22)24-17(2,3)4/h10-13H,5-9H2,1-4H3,(H,18,20)(H,19,22). The Labute approximate surface area is 142 Å². The Kier molecular flexibility index (Phi) is 5.72. The number of esters is 1. The second kappa shape index (κ2) is 7.40. The minimum atomic E-state index is -0.875. The number of amides is 2. The lowest BCUT2D eigenvalue weighted by molar-refractivity contribution is -0.155. The fourth-order valence-electron chi connectivity index (χ4n) is 3.06. The summed E-state index contributed by atoms with van der Waals surface area (Å²) >= 11 is 0. The first-order chi connectivity index (χ1) is 11.2. The van der Waals surface area contributed by atoms with E-state index in [9.17, 15) is 14.4 Å². The van der Waals surface area contributed by atoms with Crippen molar-refractivity contribution in [2.45, 2.75) is 59.0 Å². The minimum absolute atomic E-state index is 0.00415. The SMILES string of the molecule is CCOC(=O)C(C(=O)NNC(=O)OC(C)(C)C)C(C1CC1)C1CC1. The van der Waals surface area contributed by atoms with Gasteiger partial charge in [0, 0.05) is 0 Å². The molecule has 0 aliphatic heterocycles. The first-order valence-electron chi connectivity index (χ1n) is 8.68. The smallest absolute Gasteiger partial charge is 0.426 e. The van der Waals surface area contributed by atoms with Crippen LogP contribution in [-0.4, -0.2) is 30.2 Å². The summed E-state index contributed by atoms with van der Waals surface area (Å²) in [6.45, 7) is 7.13. The van der Waals surface area contributed by atoms with Gasteiger partial charge < -0.3 is 9.47 Å². The summed E-state index contributed by atoms with van der Waals surface area (Å²) in [5.41, 5.74) is 3.88. The molecule has 7 nitrogen and oxygen atoms in total. The molecule has 2 saturated carbocycles. The summed E-state index contributed by atoms with van der Waals surface area (Å²) in [5.74, 6) is -1.10. The fourth-order valence-corrected chi connectivity index (χ4v) is 3.06. The molecular formula is C17H28N2O5. The summed E-state index contributed by atoms with van der Waals surface area (Å²) in [6.07, 6.45) is 3.43. The number of carbonyl (C=O) groups excluding carboxylic acids is 3. The largest absolute Gasteiger partial charge is 0.465 e. The molecule has 0 aromatic rings. The first kappa shape index (κ1) is 18.5. The molecule has 2 aliphatic carbocycles. The fraction of sp³-hybridized carbons (Fsp3) is 0.824. The third kappa shape index (κ3) is 5.39. The molecule has 0 spiro atoms. The summed E-state index contributed by atoms with van der Waals surface area (Å²) in [7, 11) is 0. The van der Waals surface area contributed by atoms with Crippen molar-refractivity contribution in [3.8, 4) is 0 Å². The van der Waals surface area contributed by atoms with Gasteiger partial charge in [-0.15, -0.1) is 0 Å². The number of hydrogen-bond acceptors (Lipinski definition) is 5. The highest BCUT2D eigenvalue weighted by Gasteiger charge is 2.51. The first-order valence-corrected chi connectivity index (χ1v) is 8.68. The van der Waals surface area contributed by atoms with Crippen molar-refractivity contribution in [3.05, 3.63) is 0 Å². The highest BCUT2D eigenvalue weighted by molar-refractivity contribution is 5.98. The van der Waals surface area contributed by atoms with Gasteiger partial charge >= 0.3 is 12.1 Å². The maximum atomic E-state index is 12.6. The molecule has 24 heavy (non-hydrogen) atoms. The van der Waals surface area contributed by atoms with Crippen LogP contribution in [0, 0.1) is 23.7 Å². The molecule has 0 aromatic carbocycles. The van der Waals surface area contributed by atoms with Crippen LogP contribution in [0.3, 0.4) is 0 Å². The highest BCUT2D eigenvalue weighted by atomic mass is 16.6. The number of ether oxygens (including phenoxy) is 2. The predicted octanol–water partition coefficient (Wildman–Crippen LogP) is 2.16. The predicted molar refractivity (Wildman–Crippen MR) is 86.6 cm³/mol. The third-order valence-electron chi connectivity index (χ3n) is 4.23. The van der Waals surface area contributed by atoms with E-state index in [0.717, 1.165) is 25.7 Å². The molecule has 1 unspecified atom stereocenters. The Hall–Kier alpha value is -1.79. The Morgan fingerprint density at radius 3 is 2.00 bits per heavy atom. The molecular weight excluding hydrogens is 312 g/mol. The third-order valence-corrected chi connectivity index (χ3v) is 4.23. The minimum Gasteiger partial charge on any atom is -0.465 e. The van der Waals surface area contributed by atoms with Crippen molar-refractivity contribution < 1.29 is 23.9 Å². The maximum Gasteiger partial charge on any atom is 0.426 e. The van der Waals surface area contributed by atoms with Crippen molar-refractivity contribution in [1.29, 1.82) is 0 Å². The van der Waals surface area contributed by atoms with Crippen LogP contribution in [0.4, 0.5) is 4.79 Å². The summed E-state index contributed by atoms with van der Waals surface area (Å²) in [4.78, 5) is 36.6. The molecule has 0 saturated heterocycles. The molecule has 0 bridgehead atoms. The second-order valence-electron chi connectivity index (χ2n) is 7.60. The van der Waals surface area contributed by atoms with Gasteiger partial charge in [0.25, 0.3) is 5.91 Å². The average molecular weight is 340 g/mol. The number of hydrogen-bond donors (Lipinski definition) is 2. The quantitative estimate of drug-likeness (QED) is 0.439. The number of rotatable bonds is 6. The molecule has 2 N–H and O–H groups in total. The van der Waals surface area contributed by atoms with Gasteiger partial charge in [0.05, 0.1) is 6.61 Å². The van der Waals surface area contributed by atoms with Crippen LogP contribution in [0.1, 0.15) is 53.4 Å². The van der Waals surface area contributed by atoms with Crippen molar-refractivity contribution in [3.63, 3.8) is 0 Å². The maximum absolute atomic E-state index is 12.6. The van der Waals surface area contributed by atoms with Crippen LogP contribution in [0.2, 0.25) is 0 Å². The van der Waals surface area contributed by atoms with E-state index >= 15 is 0 Å². The molecule has 0 radical (unpaired) electrons. The molecule has 7 heteroatoms. The number of carbonyl (C=O) groups is 3. The number of hydrazine groups is 1. The molecule has 2 fully saturated rings. The Morgan fingerprint density at radius 1 is 1.04 bits per heavy atom. The zero-order valence-electron chi connectivity index (χ0n) is 14.9. The van der Waals surface area contributed by atoms with E-state index < -0.39 is 29.5 Å². The van der Waals surface area contributed by atoms with E-state index in [1.165, 1.54) is 0 Å². The zero-order valence-corrected chi connectivity index (χ0v) is 14.9. The van der Waals surface area contributed by atoms with Gasteiger partial charge in [0.1, 0.15) is 11.5 Å².